The predicted molar refractivity (Wildman–Crippen MR) is 72.6 cm³/mol. The first kappa shape index (κ1) is 11.7. The SMILES string of the molecule is CC(C)(C)n1cc(N)c(-c2ccc(Br)s2)n1. The van der Waals surface area contributed by atoms with Gasteiger partial charge in [-0.1, -0.05) is 0 Å². The van der Waals surface area contributed by atoms with E-state index in [1.54, 1.807) is 11.3 Å². The summed E-state index contributed by atoms with van der Waals surface area (Å²) in [6.45, 7) is 6.31. The molecule has 5 heteroatoms. The molecule has 0 saturated carbocycles. The van der Waals surface area contributed by atoms with Crippen LogP contribution >= 0.6 is 27.3 Å². The van der Waals surface area contributed by atoms with E-state index < -0.39 is 0 Å². The molecule has 0 atom stereocenters. The van der Waals surface area contributed by atoms with E-state index in [0.29, 0.717) is 0 Å². The van der Waals surface area contributed by atoms with E-state index in [1.807, 2.05) is 23.0 Å². The molecular weight excluding hydrogens is 286 g/mol. The van der Waals surface area contributed by atoms with Crippen LogP contribution in [-0.2, 0) is 5.54 Å². The molecule has 2 rings (SSSR count). The summed E-state index contributed by atoms with van der Waals surface area (Å²) in [6, 6.07) is 4.04. The maximum absolute atomic E-state index is 5.99. The van der Waals surface area contributed by atoms with E-state index in [0.717, 1.165) is 20.0 Å². The van der Waals surface area contributed by atoms with Crippen LogP contribution < -0.4 is 5.73 Å². The highest BCUT2D eigenvalue weighted by atomic mass is 79.9. The highest BCUT2D eigenvalue weighted by molar-refractivity contribution is 9.11. The molecule has 0 unspecified atom stereocenters. The highest BCUT2D eigenvalue weighted by Crippen LogP contribution is 2.34. The standard InChI is InChI=1S/C11H14BrN3S/c1-11(2,3)15-6-7(13)10(14-15)8-4-5-9(12)16-8/h4-6H,13H2,1-3H3. The average molecular weight is 300 g/mol. The van der Waals surface area contributed by atoms with Crippen molar-refractivity contribution in [1.82, 2.24) is 9.78 Å². The van der Waals surface area contributed by atoms with Gasteiger partial charge in [-0.25, -0.2) is 0 Å². The number of nitrogen functional groups attached to an aromatic ring is 1. The molecule has 0 amide bonds. The van der Waals surface area contributed by atoms with Crippen LogP contribution in [0, 0.1) is 0 Å². The molecule has 3 nitrogen and oxygen atoms in total. The Morgan fingerprint density at radius 1 is 1.38 bits per heavy atom. The molecule has 0 aliphatic carbocycles. The maximum atomic E-state index is 5.99. The topological polar surface area (TPSA) is 43.8 Å². The fourth-order valence-corrected chi connectivity index (χ4v) is 2.76. The Kier molecular flexibility index (Phi) is 2.84. The summed E-state index contributed by atoms with van der Waals surface area (Å²) in [5, 5.41) is 4.55. The van der Waals surface area contributed by atoms with Crippen molar-refractivity contribution in [3.8, 4) is 10.6 Å². The Morgan fingerprint density at radius 3 is 2.50 bits per heavy atom. The Morgan fingerprint density at radius 2 is 2.06 bits per heavy atom. The summed E-state index contributed by atoms with van der Waals surface area (Å²) in [5.74, 6) is 0. The van der Waals surface area contributed by atoms with Crippen molar-refractivity contribution >= 4 is 33.0 Å². The summed E-state index contributed by atoms with van der Waals surface area (Å²) < 4.78 is 3.00. The minimum Gasteiger partial charge on any atom is -0.396 e. The zero-order chi connectivity index (χ0) is 11.9. The number of halogens is 1. The molecule has 0 aromatic carbocycles. The molecule has 0 bridgehead atoms. The predicted octanol–water partition coefficient (Wildman–Crippen LogP) is 3.71. The molecule has 16 heavy (non-hydrogen) atoms. The molecule has 2 heterocycles. The smallest absolute Gasteiger partial charge is 0.125 e. The van der Waals surface area contributed by atoms with Crippen molar-refractivity contribution in [1.29, 1.82) is 0 Å². The van der Waals surface area contributed by atoms with Crippen molar-refractivity contribution in [2.24, 2.45) is 0 Å². The zero-order valence-electron chi connectivity index (χ0n) is 9.49. The number of thiophene rings is 1. The summed E-state index contributed by atoms with van der Waals surface area (Å²) in [7, 11) is 0. The Balaban J connectivity index is 2.47. The third-order valence-electron chi connectivity index (χ3n) is 2.24. The first-order valence-corrected chi connectivity index (χ1v) is 6.60. The lowest BCUT2D eigenvalue weighted by Crippen LogP contribution is -2.22. The lowest BCUT2D eigenvalue weighted by Gasteiger charge is -2.18. The van der Waals surface area contributed by atoms with Gasteiger partial charge in [0.15, 0.2) is 0 Å². The van der Waals surface area contributed by atoms with Crippen molar-refractivity contribution in [2.45, 2.75) is 26.3 Å². The van der Waals surface area contributed by atoms with E-state index in [9.17, 15) is 0 Å². The molecule has 0 saturated heterocycles. The second-order valence-corrected chi connectivity index (χ2v) is 7.12. The van der Waals surface area contributed by atoms with E-state index in [2.05, 4.69) is 41.8 Å². The normalized spacial score (nSPS) is 12.0. The van der Waals surface area contributed by atoms with Crippen LogP contribution in [0.1, 0.15) is 20.8 Å². The van der Waals surface area contributed by atoms with Crippen LogP contribution in [0.4, 0.5) is 5.69 Å². The second kappa shape index (κ2) is 3.89. The molecule has 0 radical (unpaired) electrons. The van der Waals surface area contributed by atoms with Crippen molar-refractivity contribution in [3.63, 3.8) is 0 Å². The van der Waals surface area contributed by atoms with Crippen molar-refractivity contribution in [2.75, 3.05) is 5.73 Å². The monoisotopic (exact) mass is 299 g/mol. The van der Waals surface area contributed by atoms with Crippen LogP contribution in [0.15, 0.2) is 22.1 Å². The Hall–Kier alpha value is -0.810. The first-order valence-electron chi connectivity index (χ1n) is 4.99. The summed E-state index contributed by atoms with van der Waals surface area (Å²) >= 11 is 5.08. The minimum absolute atomic E-state index is 0.0408. The van der Waals surface area contributed by atoms with Gasteiger partial charge in [-0.2, -0.15) is 5.10 Å². The van der Waals surface area contributed by atoms with Gasteiger partial charge < -0.3 is 5.73 Å². The van der Waals surface area contributed by atoms with E-state index >= 15 is 0 Å². The highest BCUT2D eigenvalue weighted by Gasteiger charge is 2.18. The number of hydrogen-bond acceptors (Lipinski definition) is 3. The van der Waals surface area contributed by atoms with E-state index in [1.165, 1.54) is 0 Å². The largest absolute Gasteiger partial charge is 0.396 e. The minimum atomic E-state index is -0.0408. The van der Waals surface area contributed by atoms with E-state index in [4.69, 9.17) is 5.73 Å². The van der Waals surface area contributed by atoms with Gasteiger partial charge in [-0.3, -0.25) is 4.68 Å². The molecule has 0 aliphatic heterocycles. The maximum Gasteiger partial charge on any atom is 0.125 e. The number of rotatable bonds is 1. The third-order valence-corrected chi connectivity index (χ3v) is 3.87. The molecule has 2 aromatic rings. The fourth-order valence-electron chi connectivity index (χ4n) is 1.36. The summed E-state index contributed by atoms with van der Waals surface area (Å²) in [5.41, 5.74) is 7.54. The number of aromatic nitrogens is 2. The van der Waals surface area contributed by atoms with Gasteiger partial charge in [0.25, 0.3) is 0 Å². The lowest BCUT2D eigenvalue weighted by atomic mass is 10.1. The molecule has 2 aromatic heterocycles. The molecule has 0 spiro atoms. The summed E-state index contributed by atoms with van der Waals surface area (Å²) in [4.78, 5) is 1.09. The number of hydrogen-bond donors (Lipinski definition) is 1. The first-order chi connectivity index (χ1) is 7.38. The lowest BCUT2D eigenvalue weighted by molar-refractivity contribution is 0.356. The number of nitrogens with zero attached hydrogens (tertiary/aromatic N) is 2. The third kappa shape index (κ3) is 2.15. The number of anilines is 1. The second-order valence-electron chi connectivity index (χ2n) is 4.65. The molecule has 0 aliphatic rings. The van der Waals surface area contributed by atoms with Gasteiger partial charge in [0, 0.05) is 6.20 Å². The van der Waals surface area contributed by atoms with Crippen LogP contribution in [0.5, 0.6) is 0 Å². The van der Waals surface area contributed by atoms with Gasteiger partial charge in [0.1, 0.15) is 5.69 Å². The van der Waals surface area contributed by atoms with Gasteiger partial charge in [-0.15, -0.1) is 11.3 Å². The van der Waals surface area contributed by atoms with Gasteiger partial charge >= 0.3 is 0 Å². The summed E-state index contributed by atoms with van der Waals surface area (Å²) in [6.07, 6.45) is 1.89. The van der Waals surface area contributed by atoms with Crippen LogP contribution in [0.3, 0.4) is 0 Å². The quantitative estimate of drug-likeness (QED) is 0.872. The van der Waals surface area contributed by atoms with Crippen LogP contribution in [-0.4, -0.2) is 9.78 Å². The van der Waals surface area contributed by atoms with Gasteiger partial charge in [-0.05, 0) is 48.8 Å². The van der Waals surface area contributed by atoms with Crippen molar-refractivity contribution in [3.05, 3.63) is 22.1 Å². The van der Waals surface area contributed by atoms with Crippen molar-refractivity contribution < 1.29 is 0 Å². The molecule has 86 valence electrons. The average Bonchev–Trinajstić information content (AvgIpc) is 2.70. The molecule has 0 fully saturated rings. The van der Waals surface area contributed by atoms with Crippen LogP contribution in [0.25, 0.3) is 10.6 Å². The molecular formula is C11H14BrN3S. The molecule has 2 N–H and O–H groups in total. The zero-order valence-corrected chi connectivity index (χ0v) is 11.9. The van der Waals surface area contributed by atoms with Crippen LogP contribution in [0.2, 0.25) is 0 Å². The Labute approximate surface area is 107 Å². The Bertz CT molecular complexity index is 508. The van der Waals surface area contributed by atoms with Gasteiger partial charge in [0.2, 0.25) is 0 Å². The fraction of sp³-hybridized carbons (Fsp3) is 0.364. The van der Waals surface area contributed by atoms with E-state index in [-0.39, 0.29) is 5.54 Å². The van der Waals surface area contributed by atoms with Gasteiger partial charge in [0.05, 0.1) is 19.9 Å². The number of nitrogens with two attached hydrogens (primary N) is 1.